The van der Waals surface area contributed by atoms with Crippen molar-refractivity contribution >= 4 is 5.95 Å². The van der Waals surface area contributed by atoms with Crippen molar-refractivity contribution in [2.45, 2.75) is 6.92 Å². The third-order valence-electron chi connectivity index (χ3n) is 2.16. The SMILES string of the molecule is Cc1ccc(F)cc1-c1nnc(N)n1N. The van der Waals surface area contributed by atoms with E-state index in [2.05, 4.69) is 10.2 Å². The fourth-order valence-corrected chi connectivity index (χ4v) is 1.32. The van der Waals surface area contributed by atoms with Crippen LogP contribution in [0.2, 0.25) is 0 Å². The molecule has 0 aliphatic heterocycles. The van der Waals surface area contributed by atoms with Crippen molar-refractivity contribution in [3.63, 3.8) is 0 Å². The summed E-state index contributed by atoms with van der Waals surface area (Å²) in [6, 6.07) is 4.37. The van der Waals surface area contributed by atoms with Gasteiger partial charge in [0.05, 0.1) is 0 Å². The van der Waals surface area contributed by atoms with Crippen molar-refractivity contribution < 1.29 is 4.39 Å². The number of nitrogen functional groups attached to an aromatic ring is 2. The summed E-state index contributed by atoms with van der Waals surface area (Å²) in [5.41, 5.74) is 6.88. The third-order valence-corrected chi connectivity index (χ3v) is 2.16. The summed E-state index contributed by atoms with van der Waals surface area (Å²) < 4.78 is 14.2. The van der Waals surface area contributed by atoms with Crippen LogP contribution >= 0.6 is 0 Å². The zero-order chi connectivity index (χ0) is 11.0. The molecule has 0 aliphatic rings. The highest BCUT2D eigenvalue weighted by Crippen LogP contribution is 2.22. The minimum atomic E-state index is -0.350. The fourth-order valence-electron chi connectivity index (χ4n) is 1.32. The van der Waals surface area contributed by atoms with Crippen LogP contribution in [0.15, 0.2) is 18.2 Å². The summed E-state index contributed by atoms with van der Waals surface area (Å²) in [6.07, 6.45) is 0. The number of rotatable bonds is 1. The van der Waals surface area contributed by atoms with Gasteiger partial charge in [0.15, 0.2) is 5.82 Å². The monoisotopic (exact) mass is 207 g/mol. The molecule has 6 heteroatoms. The van der Waals surface area contributed by atoms with Gasteiger partial charge < -0.3 is 11.6 Å². The molecule has 0 fully saturated rings. The smallest absolute Gasteiger partial charge is 0.241 e. The Bertz CT molecular complexity index is 505. The van der Waals surface area contributed by atoms with Crippen molar-refractivity contribution in [1.82, 2.24) is 14.9 Å². The number of hydrogen-bond acceptors (Lipinski definition) is 4. The van der Waals surface area contributed by atoms with Crippen LogP contribution in [-0.4, -0.2) is 14.9 Å². The maximum atomic E-state index is 13.0. The normalized spacial score (nSPS) is 10.5. The number of nitrogens with two attached hydrogens (primary N) is 2. The Hall–Kier alpha value is -2.11. The van der Waals surface area contributed by atoms with Crippen LogP contribution in [0.5, 0.6) is 0 Å². The maximum absolute atomic E-state index is 13.0. The largest absolute Gasteiger partial charge is 0.366 e. The second-order valence-electron chi connectivity index (χ2n) is 3.21. The van der Waals surface area contributed by atoms with Crippen LogP contribution in [-0.2, 0) is 0 Å². The summed E-state index contributed by atoms with van der Waals surface area (Å²) in [5, 5.41) is 7.39. The number of hydrogen-bond donors (Lipinski definition) is 2. The first-order chi connectivity index (χ1) is 7.09. The van der Waals surface area contributed by atoms with Gasteiger partial charge >= 0.3 is 0 Å². The lowest BCUT2D eigenvalue weighted by molar-refractivity contribution is 0.627. The molecule has 0 bridgehead atoms. The van der Waals surface area contributed by atoms with E-state index in [9.17, 15) is 4.39 Å². The van der Waals surface area contributed by atoms with E-state index in [1.54, 1.807) is 6.07 Å². The first-order valence-electron chi connectivity index (χ1n) is 4.32. The Morgan fingerprint density at radius 1 is 1.33 bits per heavy atom. The highest BCUT2D eigenvalue weighted by molar-refractivity contribution is 5.61. The quantitative estimate of drug-likeness (QED) is 0.674. The predicted octanol–water partition coefficient (Wildman–Crippen LogP) is 0.689. The van der Waals surface area contributed by atoms with Gasteiger partial charge in [-0.05, 0) is 24.6 Å². The van der Waals surface area contributed by atoms with Gasteiger partial charge in [-0.1, -0.05) is 6.07 Å². The van der Waals surface area contributed by atoms with E-state index in [4.69, 9.17) is 11.6 Å². The second kappa shape index (κ2) is 3.23. The number of benzene rings is 1. The van der Waals surface area contributed by atoms with E-state index in [1.165, 1.54) is 12.1 Å². The molecule has 2 rings (SSSR count). The summed E-state index contributed by atoms with van der Waals surface area (Å²) in [6.45, 7) is 1.83. The first-order valence-corrected chi connectivity index (χ1v) is 4.32. The van der Waals surface area contributed by atoms with E-state index < -0.39 is 0 Å². The molecule has 1 heterocycles. The topological polar surface area (TPSA) is 82.8 Å². The fraction of sp³-hybridized carbons (Fsp3) is 0.111. The van der Waals surface area contributed by atoms with E-state index >= 15 is 0 Å². The van der Waals surface area contributed by atoms with Crippen LogP contribution in [0.1, 0.15) is 5.56 Å². The minimum Gasteiger partial charge on any atom is -0.366 e. The number of aryl methyl sites for hydroxylation is 1. The molecule has 0 radical (unpaired) electrons. The molecule has 15 heavy (non-hydrogen) atoms. The predicted molar refractivity (Wildman–Crippen MR) is 54.7 cm³/mol. The Morgan fingerprint density at radius 3 is 2.67 bits per heavy atom. The van der Waals surface area contributed by atoms with Crippen molar-refractivity contribution in [1.29, 1.82) is 0 Å². The van der Waals surface area contributed by atoms with E-state index in [0.717, 1.165) is 10.2 Å². The molecule has 2 aromatic rings. The van der Waals surface area contributed by atoms with Gasteiger partial charge in [0.1, 0.15) is 5.82 Å². The number of nitrogens with zero attached hydrogens (tertiary/aromatic N) is 3. The molecule has 0 saturated heterocycles. The first kappa shape index (κ1) is 9.45. The van der Waals surface area contributed by atoms with Crippen molar-refractivity contribution in [2.75, 3.05) is 11.6 Å². The molecule has 0 atom stereocenters. The van der Waals surface area contributed by atoms with Gasteiger partial charge in [0.25, 0.3) is 0 Å². The molecule has 0 saturated carbocycles. The Balaban J connectivity index is 2.63. The molecule has 5 nitrogen and oxygen atoms in total. The summed E-state index contributed by atoms with van der Waals surface area (Å²) in [7, 11) is 0. The average molecular weight is 207 g/mol. The molecule has 4 N–H and O–H groups in total. The lowest BCUT2D eigenvalue weighted by atomic mass is 10.1. The number of aromatic nitrogens is 3. The molecule has 1 aromatic carbocycles. The van der Waals surface area contributed by atoms with Gasteiger partial charge in [-0.3, -0.25) is 0 Å². The number of anilines is 1. The van der Waals surface area contributed by atoms with E-state index in [1.807, 2.05) is 6.92 Å². The maximum Gasteiger partial charge on any atom is 0.241 e. The molecule has 0 amide bonds. The highest BCUT2D eigenvalue weighted by Gasteiger charge is 2.12. The molecular formula is C9H10FN5. The zero-order valence-corrected chi connectivity index (χ0v) is 8.11. The van der Waals surface area contributed by atoms with Crippen molar-refractivity contribution in [3.05, 3.63) is 29.6 Å². The van der Waals surface area contributed by atoms with Gasteiger partial charge in [0.2, 0.25) is 5.95 Å². The van der Waals surface area contributed by atoms with Crippen LogP contribution in [0, 0.1) is 12.7 Å². The molecular weight excluding hydrogens is 197 g/mol. The van der Waals surface area contributed by atoms with E-state index in [0.29, 0.717) is 11.4 Å². The summed E-state index contributed by atoms with van der Waals surface area (Å²) >= 11 is 0. The molecule has 0 aliphatic carbocycles. The standard InChI is InChI=1S/C9H10FN5/c1-5-2-3-6(10)4-7(5)8-13-14-9(11)15(8)12/h2-4H,12H2,1H3,(H2,11,14). The average Bonchev–Trinajstić information content (AvgIpc) is 2.52. The zero-order valence-electron chi connectivity index (χ0n) is 8.11. The van der Waals surface area contributed by atoms with Crippen LogP contribution in [0.3, 0.4) is 0 Å². The van der Waals surface area contributed by atoms with Gasteiger partial charge in [-0.15, -0.1) is 10.2 Å². The van der Waals surface area contributed by atoms with Crippen LogP contribution in [0.25, 0.3) is 11.4 Å². The Labute approximate surface area is 85.5 Å². The summed E-state index contributed by atoms with van der Waals surface area (Å²) in [5.74, 6) is 5.69. The lowest BCUT2D eigenvalue weighted by Crippen LogP contribution is -2.13. The molecule has 0 spiro atoms. The molecule has 1 aromatic heterocycles. The third kappa shape index (κ3) is 1.50. The number of halogens is 1. The second-order valence-corrected chi connectivity index (χ2v) is 3.21. The Kier molecular flexibility index (Phi) is 2.03. The highest BCUT2D eigenvalue weighted by atomic mass is 19.1. The van der Waals surface area contributed by atoms with Crippen molar-refractivity contribution in [3.8, 4) is 11.4 Å². The van der Waals surface area contributed by atoms with Gasteiger partial charge in [-0.25, -0.2) is 9.07 Å². The molecule has 0 unspecified atom stereocenters. The lowest BCUT2D eigenvalue weighted by Gasteiger charge is -2.04. The van der Waals surface area contributed by atoms with Crippen LogP contribution in [0.4, 0.5) is 10.3 Å². The minimum absolute atomic E-state index is 0.0914. The van der Waals surface area contributed by atoms with Crippen LogP contribution < -0.4 is 11.6 Å². The Morgan fingerprint density at radius 2 is 2.07 bits per heavy atom. The van der Waals surface area contributed by atoms with Gasteiger partial charge in [-0.2, -0.15) is 0 Å². The van der Waals surface area contributed by atoms with Crippen molar-refractivity contribution in [2.24, 2.45) is 0 Å². The van der Waals surface area contributed by atoms with Gasteiger partial charge in [0, 0.05) is 5.56 Å². The van der Waals surface area contributed by atoms with E-state index in [-0.39, 0.29) is 11.8 Å². The summed E-state index contributed by atoms with van der Waals surface area (Å²) in [4.78, 5) is 0. The molecule has 78 valence electrons.